The molecule has 2 radical (unpaired) electrons. The van der Waals surface area contributed by atoms with Gasteiger partial charge in [0.25, 0.3) is 0 Å². The van der Waals surface area contributed by atoms with Crippen LogP contribution in [-0.2, 0) is 72.7 Å². The van der Waals surface area contributed by atoms with Crippen molar-refractivity contribution in [2.24, 2.45) is 0 Å². The third kappa shape index (κ3) is 19.0. The first-order valence-electron chi connectivity index (χ1n) is 27.8. The molecular weight excluding hydrogens is 1440 g/mol. The Morgan fingerprint density at radius 1 is 0.372 bits per heavy atom. The second-order valence-electron chi connectivity index (χ2n) is 26.8. The molecule has 20 heteroatoms. The molecule has 0 unspecified atom stereocenters. The molecule has 0 amide bonds. The minimum atomic E-state index is -0.264. The van der Waals surface area contributed by atoms with E-state index in [1.165, 1.54) is 35.4 Å². The standard InChI is InChI=1S/2C23H30N6.2C10H9FN2.2Ir/c2*1-21(2,3)15-12-10-14(11-13-15)16-24-17(26-19(25-16)22(4,5)6)18-27-20(29-28-18)23(7,8)9;2*1-12-6-7-13(8-12)10-4-2-9(11)3-5-10;;/h2*10,12-13H,1-9H3;2*2-4,6-8H,1H3;;/q4*-2;;. The normalized spacial score (nSPS) is 13.5. The fourth-order valence-corrected chi connectivity index (χ4v) is 7.53. The minimum absolute atomic E-state index is 0. The average Bonchev–Trinajstić information content (AvgIpc) is 1.63. The Kier molecular flexibility index (Phi) is 22.6. The maximum Gasteiger partial charge on any atom is 0.147 e. The van der Waals surface area contributed by atoms with E-state index in [1.807, 2.05) is 96.1 Å². The van der Waals surface area contributed by atoms with E-state index >= 15 is 0 Å². The fourth-order valence-electron chi connectivity index (χ4n) is 7.53. The molecule has 0 N–H and O–H groups in total. The maximum absolute atomic E-state index is 12.6. The average molecular weight is 1520 g/mol. The van der Waals surface area contributed by atoms with Gasteiger partial charge in [0.2, 0.25) is 0 Å². The van der Waals surface area contributed by atoms with Crippen molar-refractivity contribution in [1.29, 1.82) is 0 Å². The zero-order valence-corrected chi connectivity index (χ0v) is 57.8. The van der Waals surface area contributed by atoms with Crippen LogP contribution in [0.3, 0.4) is 0 Å². The number of rotatable bonds is 6. The van der Waals surface area contributed by atoms with Gasteiger partial charge < -0.3 is 39.8 Å². The molecule has 0 bridgehead atoms. The van der Waals surface area contributed by atoms with Gasteiger partial charge in [-0.3, -0.25) is 38.9 Å². The molecule has 0 spiro atoms. The van der Waals surface area contributed by atoms with Gasteiger partial charge in [0.05, 0.1) is 11.6 Å². The quantitative estimate of drug-likeness (QED) is 0.144. The molecular formula is C66H78F2Ir2N16-8. The Balaban J connectivity index is 0.000000221. The summed E-state index contributed by atoms with van der Waals surface area (Å²) in [4.78, 5) is 44.8. The summed E-state index contributed by atoms with van der Waals surface area (Å²) in [6, 6.07) is 33.5. The van der Waals surface area contributed by atoms with E-state index in [-0.39, 0.29) is 84.3 Å². The number of aromatic nitrogens is 12. The molecule has 0 saturated carbocycles. The van der Waals surface area contributed by atoms with Crippen LogP contribution in [0.15, 0.2) is 97.6 Å². The SMILES string of the molecule is CC(C)(C)c1c[c-]c(-c2nc(-c3nc(C(C)(C)C)n[n-]3)nc(C(C)(C)C)n2)cc1.CC(C)(C)c1c[c-]c(-c2nc(-c3nc(C(C)(C)C)n[n-]3)nc(C(C)(C)C)n2)cc1.CN1C=CN(c2[c-]cc(F)cc2)[CH-]1.CN1C=CN(c2[c-]cc(F)cc2)[CH-]1.[Ir].[Ir]. The van der Waals surface area contributed by atoms with Gasteiger partial charge in [-0.05, 0) is 49.7 Å². The number of anilines is 2. The number of hydrogen-bond donors (Lipinski definition) is 0. The van der Waals surface area contributed by atoms with E-state index in [0.717, 1.165) is 22.5 Å². The molecule has 4 aromatic carbocycles. The van der Waals surface area contributed by atoms with E-state index in [4.69, 9.17) is 9.97 Å². The van der Waals surface area contributed by atoms with Crippen LogP contribution in [0, 0.1) is 49.2 Å². The zero-order valence-electron chi connectivity index (χ0n) is 53.0. The minimum Gasteiger partial charge on any atom is -0.510 e. The van der Waals surface area contributed by atoms with Crippen LogP contribution in [0.4, 0.5) is 20.2 Å². The van der Waals surface area contributed by atoms with Crippen molar-refractivity contribution >= 4 is 11.4 Å². The van der Waals surface area contributed by atoms with Crippen molar-refractivity contribution < 1.29 is 49.0 Å². The molecule has 86 heavy (non-hydrogen) atoms. The van der Waals surface area contributed by atoms with Crippen molar-refractivity contribution in [1.82, 2.24) is 70.1 Å². The van der Waals surface area contributed by atoms with Crippen LogP contribution in [0.2, 0.25) is 0 Å². The van der Waals surface area contributed by atoms with Crippen molar-refractivity contribution in [2.75, 3.05) is 23.9 Å². The molecule has 8 aromatic rings. The zero-order chi connectivity index (χ0) is 61.7. The Morgan fingerprint density at radius 2 is 0.709 bits per heavy atom. The third-order valence-corrected chi connectivity index (χ3v) is 12.7. The first-order chi connectivity index (χ1) is 39.0. The molecule has 10 rings (SSSR count). The fraction of sp³-hybridized carbons (Fsp3) is 0.394. The van der Waals surface area contributed by atoms with Crippen LogP contribution in [0.5, 0.6) is 0 Å². The van der Waals surface area contributed by atoms with Crippen LogP contribution in [-0.4, -0.2) is 74.0 Å². The van der Waals surface area contributed by atoms with E-state index in [2.05, 4.69) is 211 Å². The third-order valence-electron chi connectivity index (χ3n) is 12.7. The number of nitrogens with zero attached hydrogens (tertiary/aromatic N) is 16. The smallest absolute Gasteiger partial charge is 0.147 e. The van der Waals surface area contributed by atoms with Gasteiger partial charge in [0, 0.05) is 96.8 Å². The van der Waals surface area contributed by atoms with Gasteiger partial charge >= 0.3 is 0 Å². The van der Waals surface area contributed by atoms with Gasteiger partial charge in [0.15, 0.2) is 0 Å². The van der Waals surface area contributed by atoms with Crippen LogP contribution in [0.1, 0.15) is 159 Å². The van der Waals surface area contributed by atoms with Crippen molar-refractivity contribution in [3.63, 3.8) is 0 Å². The van der Waals surface area contributed by atoms with Crippen LogP contribution in [0.25, 0.3) is 46.1 Å². The maximum atomic E-state index is 12.6. The van der Waals surface area contributed by atoms with Crippen molar-refractivity contribution in [2.45, 2.75) is 157 Å². The monoisotopic (exact) mass is 1520 g/mol. The molecule has 2 aliphatic rings. The van der Waals surface area contributed by atoms with Crippen LogP contribution >= 0.6 is 0 Å². The predicted molar refractivity (Wildman–Crippen MR) is 327 cm³/mol. The topological polar surface area (TPSA) is 170 Å². The molecule has 462 valence electrons. The van der Waals surface area contributed by atoms with E-state index in [9.17, 15) is 8.78 Å². The van der Waals surface area contributed by atoms with Crippen LogP contribution < -0.4 is 20.0 Å². The summed E-state index contributed by atoms with van der Waals surface area (Å²) in [5.41, 5.74) is 5.00. The molecule has 0 aliphatic carbocycles. The number of hydrogen-bond acceptors (Lipinski definition) is 14. The first-order valence-corrected chi connectivity index (χ1v) is 27.8. The van der Waals surface area contributed by atoms with Gasteiger partial charge in [-0.25, -0.2) is 9.97 Å². The molecule has 0 fully saturated rings. The van der Waals surface area contributed by atoms with Gasteiger partial charge in [-0.2, -0.15) is 25.5 Å². The number of benzene rings is 4. The van der Waals surface area contributed by atoms with Gasteiger partial charge in [0.1, 0.15) is 23.3 Å². The Labute approximate surface area is 535 Å². The number of halogens is 2. The summed E-state index contributed by atoms with van der Waals surface area (Å²) >= 11 is 0. The second kappa shape index (κ2) is 27.8. The molecule has 0 saturated heterocycles. The van der Waals surface area contributed by atoms with E-state index in [1.54, 1.807) is 12.1 Å². The summed E-state index contributed by atoms with van der Waals surface area (Å²) in [6.07, 6.45) is 7.61. The summed E-state index contributed by atoms with van der Waals surface area (Å²) < 4.78 is 25.1. The summed E-state index contributed by atoms with van der Waals surface area (Å²) in [5, 5.41) is 16.9. The molecule has 4 aromatic heterocycles. The van der Waals surface area contributed by atoms with Gasteiger partial charge in [-0.1, -0.05) is 125 Å². The summed E-state index contributed by atoms with van der Waals surface area (Å²) in [6.45, 7) is 41.7. The first kappa shape index (κ1) is 69.8. The van der Waals surface area contributed by atoms with Gasteiger partial charge in [-0.15, -0.1) is 119 Å². The largest absolute Gasteiger partial charge is 0.510 e. The van der Waals surface area contributed by atoms with E-state index in [0.29, 0.717) is 58.2 Å². The molecule has 6 heterocycles. The summed E-state index contributed by atoms with van der Waals surface area (Å²) in [5.74, 6) is 5.07. The predicted octanol–water partition coefficient (Wildman–Crippen LogP) is 13.2. The Morgan fingerprint density at radius 3 is 0.953 bits per heavy atom. The molecule has 16 nitrogen and oxygen atoms in total. The molecule has 0 atom stereocenters. The molecule has 2 aliphatic heterocycles. The second-order valence-corrected chi connectivity index (χ2v) is 26.8. The Bertz CT molecular complexity index is 3290. The van der Waals surface area contributed by atoms with E-state index < -0.39 is 0 Å². The van der Waals surface area contributed by atoms with Crippen molar-refractivity contribution in [3.05, 3.63) is 181 Å². The van der Waals surface area contributed by atoms with Crippen molar-refractivity contribution in [3.8, 4) is 46.1 Å². The summed E-state index contributed by atoms with van der Waals surface area (Å²) in [7, 11) is 3.86. The Hall–Kier alpha value is -6.98.